The maximum atomic E-state index is 12.5. The summed E-state index contributed by atoms with van der Waals surface area (Å²) >= 11 is 0. The molecular weight excluding hydrogens is 420 g/mol. The van der Waals surface area contributed by atoms with Gasteiger partial charge < -0.3 is 17.2 Å². The first kappa shape index (κ1) is 25.6. The summed E-state index contributed by atoms with van der Waals surface area (Å²) in [5.74, 6) is -2.04. The van der Waals surface area contributed by atoms with Gasteiger partial charge in [0.2, 0.25) is 5.91 Å². The lowest BCUT2D eigenvalue weighted by atomic mass is 9.90. The highest BCUT2D eigenvalue weighted by Gasteiger charge is 2.23. The molecule has 0 spiro atoms. The Balaban J connectivity index is 2.19. The number of aromatic nitrogens is 2. The summed E-state index contributed by atoms with van der Waals surface area (Å²) in [7, 11) is 0. The predicted octanol–water partition coefficient (Wildman–Crippen LogP) is 2.84. The third-order valence-electron chi connectivity index (χ3n) is 5.06. The van der Waals surface area contributed by atoms with Crippen molar-refractivity contribution in [2.75, 3.05) is 5.73 Å². The minimum Gasteiger partial charge on any atom is -0.402 e. The van der Waals surface area contributed by atoms with Gasteiger partial charge in [0.15, 0.2) is 0 Å². The van der Waals surface area contributed by atoms with Crippen LogP contribution in [0.25, 0.3) is 11.3 Å². The molecule has 1 aromatic heterocycles. The number of primary amides is 1. The van der Waals surface area contributed by atoms with Crippen LogP contribution in [0.4, 0.5) is 5.82 Å². The SMILES string of the molecule is CC(C(=O)NC(=O)C=C(N)CC(C)(C)C)c1ccc(-c2nn(C(C)C)c(N)c2C(N)=O)cc1. The number of imide groups is 1. The highest BCUT2D eigenvalue weighted by molar-refractivity contribution is 6.04. The molecule has 7 N–H and O–H groups in total. The Hall–Kier alpha value is -3.62. The smallest absolute Gasteiger partial charge is 0.254 e. The topological polar surface area (TPSA) is 159 Å². The molecule has 1 atom stereocenters. The molecule has 0 bridgehead atoms. The summed E-state index contributed by atoms with van der Waals surface area (Å²) in [6.45, 7) is 11.5. The van der Waals surface area contributed by atoms with Gasteiger partial charge in [-0.15, -0.1) is 0 Å². The first-order chi connectivity index (χ1) is 15.2. The zero-order valence-electron chi connectivity index (χ0n) is 20.1. The Bertz CT molecular complexity index is 1070. The van der Waals surface area contributed by atoms with Crippen LogP contribution in [0.2, 0.25) is 0 Å². The molecule has 1 aromatic carbocycles. The van der Waals surface area contributed by atoms with Crippen LogP contribution < -0.4 is 22.5 Å². The summed E-state index contributed by atoms with van der Waals surface area (Å²) in [4.78, 5) is 36.7. The summed E-state index contributed by atoms with van der Waals surface area (Å²) in [5.41, 5.74) is 19.7. The first-order valence-corrected chi connectivity index (χ1v) is 10.8. The third-order valence-corrected chi connectivity index (χ3v) is 5.06. The number of amides is 3. The molecule has 0 aliphatic carbocycles. The first-order valence-electron chi connectivity index (χ1n) is 10.8. The number of allylic oxidation sites excluding steroid dienone is 1. The van der Waals surface area contributed by atoms with Crippen molar-refractivity contribution in [2.45, 2.75) is 59.9 Å². The summed E-state index contributed by atoms with van der Waals surface area (Å²) in [6.07, 6.45) is 1.79. The van der Waals surface area contributed by atoms with Crippen LogP contribution in [0.5, 0.6) is 0 Å². The van der Waals surface area contributed by atoms with Gasteiger partial charge >= 0.3 is 0 Å². The quantitative estimate of drug-likeness (QED) is 0.471. The van der Waals surface area contributed by atoms with E-state index in [1.165, 1.54) is 6.08 Å². The Kier molecular flexibility index (Phi) is 7.68. The number of nitrogens with one attached hydrogen (secondary N) is 1. The Labute approximate surface area is 194 Å². The zero-order chi connectivity index (χ0) is 25.1. The molecule has 33 heavy (non-hydrogen) atoms. The Morgan fingerprint density at radius 3 is 2.15 bits per heavy atom. The van der Waals surface area contributed by atoms with Gasteiger partial charge in [0, 0.05) is 23.4 Å². The maximum absolute atomic E-state index is 12.5. The van der Waals surface area contributed by atoms with Gasteiger partial charge in [0.1, 0.15) is 17.1 Å². The van der Waals surface area contributed by atoms with Crippen molar-refractivity contribution in [2.24, 2.45) is 16.9 Å². The van der Waals surface area contributed by atoms with Gasteiger partial charge in [0.25, 0.3) is 11.8 Å². The lowest BCUT2D eigenvalue weighted by Gasteiger charge is -2.18. The second-order valence-corrected chi connectivity index (χ2v) is 9.67. The second-order valence-electron chi connectivity index (χ2n) is 9.67. The fourth-order valence-electron chi connectivity index (χ4n) is 3.46. The van der Waals surface area contributed by atoms with E-state index in [-0.39, 0.29) is 22.8 Å². The van der Waals surface area contributed by atoms with Crippen molar-refractivity contribution >= 4 is 23.5 Å². The highest BCUT2D eigenvalue weighted by Crippen LogP contribution is 2.30. The molecule has 0 fully saturated rings. The number of hydrogen-bond acceptors (Lipinski definition) is 6. The number of carbonyl (C=O) groups excluding carboxylic acids is 3. The van der Waals surface area contributed by atoms with Crippen molar-refractivity contribution in [3.05, 3.63) is 47.2 Å². The zero-order valence-corrected chi connectivity index (χ0v) is 20.1. The summed E-state index contributed by atoms with van der Waals surface area (Å²) < 4.78 is 1.55. The standard InChI is InChI=1S/C24H34N6O3/c1-13(2)30-21(26)19(22(27)32)20(29-30)16-9-7-15(8-10-16)14(3)23(33)28-18(31)11-17(25)12-24(4,5)6/h7-11,13-14H,12,25-26H2,1-6H3,(H2,27,32)(H,28,31,33). The largest absolute Gasteiger partial charge is 0.402 e. The van der Waals surface area contributed by atoms with Crippen molar-refractivity contribution < 1.29 is 14.4 Å². The van der Waals surface area contributed by atoms with Crippen molar-refractivity contribution in [3.8, 4) is 11.3 Å². The Morgan fingerprint density at radius 1 is 1.09 bits per heavy atom. The molecule has 9 nitrogen and oxygen atoms in total. The van der Waals surface area contributed by atoms with Crippen LogP contribution in [-0.4, -0.2) is 27.5 Å². The molecular formula is C24H34N6O3. The van der Waals surface area contributed by atoms with Crippen LogP contribution in [-0.2, 0) is 9.59 Å². The summed E-state index contributed by atoms with van der Waals surface area (Å²) in [6, 6.07) is 6.90. The molecule has 178 valence electrons. The van der Waals surface area contributed by atoms with Crippen LogP contribution in [0.3, 0.4) is 0 Å². The van der Waals surface area contributed by atoms with E-state index in [0.29, 0.717) is 28.9 Å². The van der Waals surface area contributed by atoms with E-state index in [1.807, 2.05) is 34.6 Å². The number of anilines is 1. The third kappa shape index (κ3) is 6.44. The molecule has 2 rings (SSSR count). The molecule has 0 aliphatic rings. The van der Waals surface area contributed by atoms with E-state index in [1.54, 1.807) is 35.9 Å². The molecule has 0 radical (unpaired) electrons. The minimum atomic E-state index is -0.663. The van der Waals surface area contributed by atoms with E-state index >= 15 is 0 Å². The second kappa shape index (κ2) is 9.89. The molecule has 0 aliphatic heterocycles. The maximum Gasteiger partial charge on any atom is 0.254 e. The molecule has 1 heterocycles. The van der Waals surface area contributed by atoms with E-state index in [2.05, 4.69) is 10.4 Å². The molecule has 3 amide bonds. The fraction of sp³-hybridized carbons (Fsp3) is 0.417. The summed E-state index contributed by atoms with van der Waals surface area (Å²) in [5, 5.41) is 6.81. The average molecular weight is 455 g/mol. The predicted molar refractivity (Wildman–Crippen MR) is 129 cm³/mol. The number of rotatable bonds is 7. The van der Waals surface area contributed by atoms with E-state index in [4.69, 9.17) is 17.2 Å². The number of hydrogen-bond donors (Lipinski definition) is 4. The van der Waals surface area contributed by atoms with E-state index in [0.717, 1.165) is 0 Å². The van der Waals surface area contributed by atoms with Gasteiger partial charge in [-0.25, -0.2) is 4.68 Å². The van der Waals surface area contributed by atoms with E-state index in [9.17, 15) is 14.4 Å². The molecule has 0 saturated carbocycles. The van der Waals surface area contributed by atoms with Crippen molar-refractivity contribution in [1.82, 2.24) is 15.1 Å². The number of nitrogen functional groups attached to an aromatic ring is 1. The van der Waals surface area contributed by atoms with Gasteiger partial charge in [-0.1, -0.05) is 45.0 Å². The Morgan fingerprint density at radius 2 is 1.67 bits per heavy atom. The van der Waals surface area contributed by atoms with Gasteiger partial charge in [-0.05, 0) is 38.2 Å². The van der Waals surface area contributed by atoms with Crippen molar-refractivity contribution in [3.63, 3.8) is 0 Å². The molecule has 2 aromatic rings. The van der Waals surface area contributed by atoms with Crippen LogP contribution in [0.1, 0.15) is 75.8 Å². The van der Waals surface area contributed by atoms with E-state index < -0.39 is 23.6 Å². The molecule has 1 unspecified atom stereocenters. The fourth-order valence-corrected chi connectivity index (χ4v) is 3.46. The minimum absolute atomic E-state index is 0.0520. The van der Waals surface area contributed by atoms with Gasteiger partial charge in [-0.2, -0.15) is 5.10 Å². The number of nitrogens with zero attached hydrogens (tertiary/aromatic N) is 2. The van der Waals surface area contributed by atoms with Crippen molar-refractivity contribution in [1.29, 1.82) is 0 Å². The molecule has 9 heteroatoms. The lowest BCUT2D eigenvalue weighted by Crippen LogP contribution is -2.33. The monoisotopic (exact) mass is 454 g/mol. The number of benzene rings is 1. The highest BCUT2D eigenvalue weighted by atomic mass is 16.2. The number of carbonyl (C=O) groups is 3. The molecule has 0 saturated heterocycles. The number of nitrogens with two attached hydrogens (primary N) is 3. The lowest BCUT2D eigenvalue weighted by molar-refractivity contribution is -0.128. The van der Waals surface area contributed by atoms with Crippen LogP contribution in [0.15, 0.2) is 36.0 Å². The van der Waals surface area contributed by atoms with Gasteiger partial charge in [-0.3, -0.25) is 19.7 Å². The van der Waals surface area contributed by atoms with Gasteiger partial charge in [0.05, 0.1) is 5.92 Å². The van der Waals surface area contributed by atoms with Crippen LogP contribution in [0, 0.1) is 5.41 Å². The van der Waals surface area contributed by atoms with Crippen LogP contribution >= 0.6 is 0 Å². The average Bonchev–Trinajstić information content (AvgIpc) is 3.03. The normalized spacial score (nSPS) is 13.1.